The Labute approximate surface area is 65.2 Å². The molecule has 0 aliphatic carbocycles. The molecule has 1 aliphatic rings. The van der Waals surface area contributed by atoms with Gasteiger partial charge in [-0.05, 0) is 19.4 Å². The molecule has 1 saturated heterocycles. The third-order valence-corrected chi connectivity index (χ3v) is 2.74. The monoisotopic (exact) mass is 183 g/mol. The van der Waals surface area contributed by atoms with E-state index in [2.05, 4.69) is 5.32 Å². The van der Waals surface area contributed by atoms with E-state index in [4.69, 9.17) is 10.7 Å². The van der Waals surface area contributed by atoms with Gasteiger partial charge in [0.1, 0.15) is 0 Å². The molecular formula is C5H10ClNO2S. The first-order chi connectivity index (χ1) is 4.58. The van der Waals surface area contributed by atoms with Crippen molar-refractivity contribution in [2.75, 3.05) is 12.3 Å². The van der Waals surface area contributed by atoms with Crippen LogP contribution < -0.4 is 5.32 Å². The van der Waals surface area contributed by atoms with Gasteiger partial charge in [0.05, 0.1) is 5.75 Å². The summed E-state index contributed by atoms with van der Waals surface area (Å²) < 4.78 is 21.0. The average molecular weight is 184 g/mol. The standard InChI is InChI=1S/C5H10ClNO2S/c6-10(8,9)4-5-2-1-3-7-5/h5,7H,1-4H2. The Bertz CT molecular complexity index is 196. The molecule has 0 aromatic carbocycles. The highest BCUT2D eigenvalue weighted by atomic mass is 35.7. The van der Waals surface area contributed by atoms with Crippen molar-refractivity contribution in [2.45, 2.75) is 18.9 Å². The first-order valence-electron chi connectivity index (χ1n) is 3.24. The molecular weight excluding hydrogens is 174 g/mol. The molecule has 1 fully saturated rings. The zero-order valence-corrected chi connectivity index (χ0v) is 7.08. The number of rotatable bonds is 2. The molecule has 1 N–H and O–H groups in total. The molecule has 1 aliphatic heterocycles. The summed E-state index contributed by atoms with van der Waals surface area (Å²) in [6, 6.07) is 0.0856. The van der Waals surface area contributed by atoms with E-state index < -0.39 is 9.05 Å². The maximum absolute atomic E-state index is 10.5. The molecule has 1 heterocycles. The van der Waals surface area contributed by atoms with Crippen molar-refractivity contribution in [2.24, 2.45) is 0 Å². The first-order valence-corrected chi connectivity index (χ1v) is 5.71. The van der Waals surface area contributed by atoms with E-state index in [1.807, 2.05) is 0 Å². The van der Waals surface area contributed by atoms with Crippen LogP contribution in [0.2, 0.25) is 0 Å². The molecule has 0 aromatic rings. The Balaban J connectivity index is 2.38. The summed E-state index contributed by atoms with van der Waals surface area (Å²) in [5.41, 5.74) is 0. The highest BCUT2D eigenvalue weighted by Gasteiger charge is 2.19. The molecule has 0 aromatic heterocycles. The molecule has 10 heavy (non-hydrogen) atoms. The second-order valence-electron chi connectivity index (χ2n) is 2.50. The van der Waals surface area contributed by atoms with Gasteiger partial charge in [-0.3, -0.25) is 0 Å². The summed E-state index contributed by atoms with van der Waals surface area (Å²) >= 11 is 0. The summed E-state index contributed by atoms with van der Waals surface area (Å²) in [5.74, 6) is 0.0640. The van der Waals surface area contributed by atoms with E-state index in [1.165, 1.54) is 0 Å². The maximum Gasteiger partial charge on any atom is 0.234 e. The smallest absolute Gasteiger partial charge is 0.234 e. The van der Waals surface area contributed by atoms with Gasteiger partial charge in [-0.2, -0.15) is 0 Å². The number of hydrogen-bond acceptors (Lipinski definition) is 3. The second-order valence-corrected chi connectivity index (χ2v) is 5.32. The normalized spacial score (nSPS) is 27.1. The van der Waals surface area contributed by atoms with Gasteiger partial charge in [0.15, 0.2) is 0 Å². The van der Waals surface area contributed by atoms with Crippen LogP contribution in [0.3, 0.4) is 0 Å². The van der Waals surface area contributed by atoms with Gasteiger partial charge in [0.25, 0.3) is 0 Å². The summed E-state index contributed by atoms with van der Waals surface area (Å²) in [6.07, 6.45) is 1.98. The first kappa shape index (κ1) is 8.30. The molecule has 1 rings (SSSR count). The van der Waals surface area contributed by atoms with Crippen LogP contribution in [-0.4, -0.2) is 26.8 Å². The highest BCUT2D eigenvalue weighted by Crippen LogP contribution is 2.09. The van der Waals surface area contributed by atoms with Gasteiger partial charge in [0.2, 0.25) is 9.05 Å². The van der Waals surface area contributed by atoms with Gasteiger partial charge < -0.3 is 5.32 Å². The van der Waals surface area contributed by atoms with E-state index in [-0.39, 0.29) is 11.8 Å². The molecule has 0 amide bonds. The van der Waals surface area contributed by atoms with Gasteiger partial charge in [-0.15, -0.1) is 0 Å². The molecule has 3 nitrogen and oxygen atoms in total. The fraction of sp³-hybridized carbons (Fsp3) is 1.00. The summed E-state index contributed by atoms with van der Waals surface area (Å²) in [7, 11) is 1.75. The number of hydrogen-bond donors (Lipinski definition) is 1. The fourth-order valence-corrected chi connectivity index (χ4v) is 2.36. The second kappa shape index (κ2) is 3.07. The lowest BCUT2D eigenvalue weighted by atomic mass is 10.3. The third kappa shape index (κ3) is 2.86. The lowest BCUT2D eigenvalue weighted by Gasteiger charge is -2.04. The van der Waals surface area contributed by atoms with Crippen LogP contribution >= 0.6 is 10.7 Å². The van der Waals surface area contributed by atoms with Crippen LogP contribution in [-0.2, 0) is 9.05 Å². The van der Waals surface area contributed by atoms with Gasteiger partial charge in [0, 0.05) is 16.7 Å². The molecule has 1 unspecified atom stereocenters. The van der Waals surface area contributed by atoms with Crippen molar-refractivity contribution in [1.82, 2.24) is 5.32 Å². The molecule has 0 bridgehead atoms. The summed E-state index contributed by atoms with van der Waals surface area (Å²) in [4.78, 5) is 0. The lowest BCUT2D eigenvalue weighted by molar-refractivity contribution is 0.590. The van der Waals surface area contributed by atoms with E-state index in [0.29, 0.717) is 0 Å². The minimum absolute atomic E-state index is 0.0640. The topological polar surface area (TPSA) is 46.2 Å². The average Bonchev–Trinajstić information content (AvgIpc) is 2.12. The number of nitrogens with one attached hydrogen (secondary N) is 1. The third-order valence-electron chi connectivity index (χ3n) is 1.56. The predicted octanol–water partition coefficient (Wildman–Crippen LogP) is 0.307. The Morgan fingerprint density at radius 3 is 2.70 bits per heavy atom. The largest absolute Gasteiger partial charge is 0.313 e. The number of halogens is 1. The van der Waals surface area contributed by atoms with E-state index in [1.54, 1.807) is 0 Å². The van der Waals surface area contributed by atoms with Crippen molar-refractivity contribution in [3.63, 3.8) is 0 Å². The zero-order valence-electron chi connectivity index (χ0n) is 5.51. The molecule has 1 atom stereocenters. The van der Waals surface area contributed by atoms with Crippen molar-refractivity contribution in [1.29, 1.82) is 0 Å². The van der Waals surface area contributed by atoms with Gasteiger partial charge in [-0.25, -0.2) is 8.42 Å². The molecule has 60 valence electrons. The Hall–Kier alpha value is 0.200. The lowest BCUT2D eigenvalue weighted by Crippen LogP contribution is -2.27. The summed E-state index contributed by atoms with van der Waals surface area (Å²) in [6.45, 7) is 0.914. The van der Waals surface area contributed by atoms with Crippen LogP contribution in [0.5, 0.6) is 0 Å². The van der Waals surface area contributed by atoms with E-state index in [0.717, 1.165) is 19.4 Å². The van der Waals surface area contributed by atoms with Gasteiger partial charge in [-0.1, -0.05) is 0 Å². The molecule has 5 heteroatoms. The van der Waals surface area contributed by atoms with Crippen molar-refractivity contribution in [3.8, 4) is 0 Å². The predicted molar refractivity (Wildman–Crippen MR) is 40.7 cm³/mol. The maximum atomic E-state index is 10.5. The van der Waals surface area contributed by atoms with Crippen molar-refractivity contribution in [3.05, 3.63) is 0 Å². The minimum Gasteiger partial charge on any atom is -0.313 e. The summed E-state index contributed by atoms with van der Waals surface area (Å²) in [5, 5.41) is 3.05. The van der Waals surface area contributed by atoms with E-state index in [9.17, 15) is 8.42 Å². The van der Waals surface area contributed by atoms with Gasteiger partial charge >= 0.3 is 0 Å². The van der Waals surface area contributed by atoms with Crippen LogP contribution in [0.4, 0.5) is 0 Å². The van der Waals surface area contributed by atoms with Crippen molar-refractivity contribution >= 4 is 19.7 Å². The zero-order chi connectivity index (χ0) is 7.61. The molecule has 0 spiro atoms. The SMILES string of the molecule is O=S(=O)(Cl)CC1CCCN1. The minimum atomic E-state index is -3.30. The van der Waals surface area contributed by atoms with E-state index >= 15 is 0 Å². The molecule has 0 radical (unpaired) electrons. The Morgan fingerprint density at radius 2 is 2.30 bits per heavy atom. The molecule has 0 saturated carbocycles. The van der Waals surface area contributed by atoms with Crippen LogP contribution in [0.15, 0.2) is 0 Å². The Kier molecular flexibility index (Phi) is 2.55. The van der Waals surface area contributed by atoms with Crippen LogP contribution in [0.1, 0.15) is 12.8 Å². The van der Waals surface area contributed by atoms with Crippen LogP contribution in [0, 0.1) is 0 Å². The van der Waals surface area contributed by atoms with Crippen molar-refractivity contribution < 1.29 is 8.42 Å². The Morgan fingerprint density at radius 1 is 1.60 bits per heavy atom. The fourth-order valence-electron chi connectivity index (χ4n) is 1.14. The highest BCUT2D eigenvalue weighted by molar-refractivity contribution is 8.13. The quantitative estimate of drug-likeness (QED) is 0.627. The van der Waals surface area contributed by atoms with Crippen LogP contribution in [0.25, 0.3) is 0 Å².